The van der Waals surface area contributed by atoms with Gasteiger partial charge < -0.3 is 10.0 Å². The van der Waals surface area contributed by atoms with Gasteiger partial charge >= 0.3 is 5.97 Å². The minimum atomic E-state index is -1.03. The van der Waals surface area contributed by atoms with Crippen LogP contribution in [0.2, 0.25) is 0 Å². The summed E-state index contributed by atoms with van der Waals surface area (Å²) in [5.41, 5.74) is 2.41. The minimum Gasteiger partial charge on any atom is -0.480 e. The van der Waals surface area contributed by atoms with Crippen LogP contribution in [0, 0.1) is 5.92 Å². The third kappa shape index (κ3) is 4.29. The lowest BCUT2D eigenvalue weighted by Crippen LogP contribution is -2.45. The second-order valence-corrected chi connectivity index (χ2v) is 5.65. The molecule has 23 heavy (non-hydrogen) atoms. The van der Waals surface area contributed by atoms with Gasteiger partial charge in [-0.1, -0.05) is 30.3 Å². The molecule has 1 aliphatic rings. The monoisotopic (exact) mass is 320 g/mol. The summed E-state index contributed by atoms with van der Waals surface area (Å²) < 4.78 is 0. The van der Waals surface area contributed by atoms with E-state index in [0.29, 0.717) is 25.8 Å². The molecule has 124 valence electrons. The zero-order valence-corrected chi connectivity index (χ0v) is 12.6. The van der Waals surface area contributed by atoms with E-state index >= 15 is 0 Å². The molecule has 7 nitrogen and oxygen atoms in total. The fourth-order valence-corrected chi connectivity index (χ4v) is 2.94. The van der Waals surface area contributed by atoms with Gasteiger partial charge in [0.2, 0.25) is 11.8 Å². The van der Waals surface area contributed by atoms with Crippen LogP contribution in [0.25, 0.3) is 0 Å². The van der Waals surface area contributed by atoms with Crippen LogP contribution in [-0.2, 0) is 20.8 Å². The molecule has 0 saturated carbocycles. The summed E-state index contributed by atoms with van der Waals surface area (Å²) in [6, 6.07) is 8.36. The van der Waals surface area contributed by atoms with E-state index in [1.54, 1.807) is 0 Å². The van der Waals surface area contributed by atoms with E-state index in [1.807, 2.05) is 30.3 Å². The molecule has 0 bridgehead atoms. The highest BCUT2D eigenvalue weighted by Gasteiger charge is 2.37. The maximum atomic E-state index is 12.7. The number of carbonyl (C=O) groups excluding carboxylic acids is 2. The molecule has 2 rings (SSSR count). The van der Waals surface area contributed by atoms with Gasteiger partial charge in [-0.05, 0) is 24.8 Å². The molecule has 1 aliphatic heterocycles. The highest BCUT2D eigenvalue weighted by molar-refractivity contribution is 5.89. The number of hydroxylamine groups is 1. The molecular formula is C16H20N2O5. The Morgan fingerprint density at radius 3 is 2.57 bits per heavy atom. The van der Waals surface area contributed by atoms with Gasteiger partial charge in [0.05, 0.1) is 5.92 Å². The highest BCUT2D eigenvalue weighted by Crippen LogP contribution is 2.23. The van der Waals surface area contributed by atoms with Gasteiger partial charge in [0.1, 0.15) is 6.04 Å². The second kappa shape index (κ2) is 7.73. The molecule has 3 N–H and O–H groups in total. The Morgan fingerprint density at radius 1 is 1.26 bits per heavy atom. The third-order valence-electron chi connectivity index (χ3n) is 4.05. The lowest BCUT2D eigenvalue weighted by molar-refractivity contribution is -0.150. The number of amides is 2. The van der Waals surface area contributed by atoms with E-state index in [4.69, 9.17) is 5.21 Å². The first kappa shape index (κ1) is 17.0. The molecule has 1 aromatic rings. The summed E-state index contributed by atoms with van der Waals surface area (Å²) in [7, 11) is 0. The molecular weight excluding hydrogens is 300 g/mol. The molecule has 0 aliphatic carbocycles. The van der Waals surface area contributed by atoms with Crippen LogP contribution in [0.5, 0.6) is 0 Å². The van der Waals surface area contributed by atoms with Crippen molar-refractivity contribution in [3.63, 3.8) is 0 Å². The molecule has 2 atom stereocenters. The van der Waals surface area contributed by atoms with Crippen molar-refractivity contribution in [2.45, 2.75) is 31.7 Å². The summed E-state index contributed by atoms with van der Waals surface area (Å²) in [6.45, 7) is 0.377. The first-order valence-electron chi connectivity index (χ1n) is 7.53. The Bertz CT molecular complexity index is 575. The zero-order chi connectivity index (χ0) is 16.8. The summed E-state index contributed by atoms with van der Waals surface area (Å²) >= 11 is 0. The predicted molar refractivity (Wildman–Crippen MR) is 80.6 cm³/mol. The first-order valence-corrected chi connectivity index (χ1v) is 7.53. The Labute approximate surface area is 133 Å². The number of hydrogen-bond acceptors (Lipinski definition) is 4. The van der Waals surface area contributed by atoms with Crippen LogP contribution in [0.15, 0.2) is 30.3 Å². The van der Waals surface area contributed by atoms with Crippen molar-refractivity contribution in [1.29, 1.82) is 0 Å². The number of carboxylic acids is 1. The van der Waals surface area contributed by atoms with E-state index in [-0.39, 0.29) is 12.3 Å². The number of benzene rings is 1. The number of carboxylic acid groups (broad SMARTS) is 1. The molecule has 0 spiro atoms. The Balaban J connectivity index is 2.16. The standard InChI is InChI=1S/C16H20N2O5/c19-14(17-23)10-12(9-11-5-2-1-3-6-11)15(20)18-8-4-7-13(18)16(21)22/h1-3,5-6,12-13,23H,4,7-10H2,(H,17,19)(H,21,22)/t12-,13+/m1/s1. The van der Waals surface area contributed by atoms with Gasteiger partial charge in [0.15, 0.2) is 0 Å². The first-order chi connectivity index (χ1) is 11.0. The van der Waals surface area contributed by atoms with Gasteiger partial charge in [0, 0.05) is 13.0 Å². The number of carbonyl (C=O) groups is 3. The van der Waals surface area contributed by atoms with E-state index < -0.39 is 23.8 Å². The minimum absolute atomic E-state index is 0.187. The van der Waals surface area contributed by atoms with Crippen molar-refractivity contribution >= 4 is 17.8 Å². The van der Waals surface area contributed by atoms with Gasteiger partial charge in [0.25, 0.3) is 0 Å². The number of likely N-dealkylation sites (tertiary alicyclic amines) is 1. The Morgan fingerprint density at radius 2 is 1.96 bits per heavy atom. The number of hydrogen-bond donors (Lipinski definition) is 3. The molecule has 0 unspecified atom stereocenters. The van der Waals surface area contributed by atoms with Crippen molar-refractivity contribution in [3.8, 4) is 0 Å². The van der Waals surface area contributed by atoms with Gasteiger partial charge in [-0.2, -0.15) is 0 Å². The largest absolute Gasteiger partial charge is 0.480 e. The maximum Gasteiger partial charge on any atom is 0.326 e. The highest BCUT2D eigenvalue weighted by atomic mass is 16.5. The van der Waals surface area contributed by atoms with Crippen molar-refractivity contribution in [2.75, 3.05) is 6.54 Å². The van der Waals surface area contributed by atoms with Gasteiger partial charge in [-0.15, -0.1) is 0 Å². The molecule has 1 heterocycles. The molecule has 1 saturated heterocycles. The van der Waals surface area contributed by atoms with Gasteiger partial charge in [-0.25, -0.2) is 10.3 Å². The van der Waals surface area contributed by atoms with Crippen LogP contribution in [-0.4, -0.2) is 45.6 Å². The normalized spacial score (nSPS) is 18.5. The molecule has 7 heteroatoms. The van der Waals surface area contributed by atoms with Crippen molar-refractivity contribution in [2.24, 2.45) is 5.92 Å². The molecule has 1 fully saturated rings. The van der Waals surface area contributed by atoms with Crippen LogP contribution >= 0.6 is 0 Å². The molecule has 2 amide bonds. The Hall–Kier alpha value is -2.41. The number of rotatable bonds is 6. The fourth-order valence-electron chi connectivity index (χ4n) is 2.94. The zero-order valence-electron chi connectivity index (χ0n) is 12.6. The fraction of sp³-hybridized carbons (Fsp3) is 0.438. The van der Waals surface area contributed by atoms with Crippen molar-refractivity contribution < 1.29 is 24.7 Å². The van der Waals surface area contributed by atoms with Crippen LogP contribution in [0.4, 0.5) is 0 Å². The topological polar surface area (TPSA) is 107 Å². The number of aliphatic carboxylic acids is 1. The van der Waals surface area contributed by atoms with Crippen molar-refractivity contribution in [3.05, 3.63) is 35.9 Å². The second-order valence-electron chi connectivity index (χ2n) is 5.65. The number of nitrogens with zero attached hydrogens (tertiary/aromatic N) is 1. The van der Waals surface area contributed by atoms with E-state index in [9.17, 15) is 19.5 Å². The summed E-state index contributed by atoms with van der Waals surface area (Å²) in [5, 5.41) is 17.9. The molecule has 1 aromatic carbocycles. The average molecular weight is 320 g/mol. The third-order valence-corrected chi connectivity index (χ3v) is 4.05. The predicted octanol–water partition coefficient (Wildman–Crippen LogP) is 0.816. The van der Waals surface area contributed by atoms with E-state index in [2.05, 4.69) is 0 Å². The molecule has 0 aromatic heterocycles. The SMILES string of the molecule is O=C(C[C@@H](Cc1ccccc1)C(=O)N1CCC[C@H]1C(=O)O)NO. The van der Waals surface area contributed by atoms with E-state index in [0.717, 1.165) is 5.56 Å². The number of nitrogens with one attached hydrogen (secondary N) is 1. The summed E-state index contributed by atoms with van der Waals surface area (Å²) in [4.78, 5) is 36.8. The lowest BCUT2D eigenvalue weighted by atomic mass is 9.94. The smallest absolute Gasteiger partial charge is 0.326 e. The van der Waals surface area contributed by atoms with Crippen LogP contribution in [0.1, 0.15) is 24.8 Å². The van der Waals surface area contributed by atoms with Gasteiger partial charge in [-0.3, -0.25) is 14.8 Å². The average Bonchev–Trinajstić information content (AvgIpc) is 3.04. The van der Waals surface area contributed by atoms with Crippen LogP contribution in [0.3, 0.4) is 0 Å². The summed E-state index contributed by atoms with van der Waals surface area (Å²) in [6.07, 6.45) is 1.18. The quantitative estimate of drug-likeness (QED) is 0.531. The maximum absolute atomic E-state index is 12.7. The lowest BCUT2D eigenvalue weighted by Gasteiger charge is -2.26. The summed E-state index contributed by atoms with van der Waals surface area (Å²) in [5.74, 6) is -2.75. The van der Waals surface area contributed by atoms with E-state index in [1.165, 1.54) is 10.4 Å². The molecule has 0 radical (unpaired) electrons. The Kier molecular flexibility index (Phi) is 5.70. The van der Waals surface area contributed by atoms with Crippen LogP contribution < -0.4 is 5.48 Å². The van der Waals surface area contributed by atoms with Crippen molar-refractivity contribution in [1.82, 2.24) is 10.4 Å².